The van der Waals surface area contributed by atoms with Crippen LogP contribution in [-0.4, -0.2) is 50.2 Å². The van der Waals surface area contributed by atoms with Crippen molar-refractivity contribution in [2.75, 3.05) is 12.8 Å². The summed E-state index contributed by atoms with van der Waals surface area (Å²) in [6.07, 6.45) is 4.61. The number of aryl methyl sites for hydroxylation is 2. The molecule has 2 aromatic rings. The summed E-state index contributed by atoms with van der Waals surface area (Å²) in [6, 6.07) is -0.457. The SMILES string of the molecule is CSc1nc2nc(C)c(CC(=O)N[C@H]3CCCCNC3=O)c(C)n2n1. The molecule has 0 aliphatic carbocycles. The molecule has 0 spiro atoms. The van der Waals surface area contributed by atoms with Crippen LogP contribution < -0.4 is 10.6 Å². The van der Waals surface area contributed by atoms with E-state index in [1.165, 1.54) is 11.8 Å². The average Bonchev–Trinajstić information content (AvgIpc) is 2.89. The zero-order valence-electron chi connectivity index (χ0n) is 14.6. The van der Waals surface area contributed by atoms with Gasteiger partial charge in [-0.1, -0.05) is 11.8 Å². The summed E-state index contributed by atoms with van der Waals surface area (Å²) in [5.74, 6) is 0.250. The number of amides is 2. The summed E-state index contributed by atoms with van der Waals surface area (Å²) in [4.78, 5) is 33.2. The first-order valence-corrected chi connectivity index (χ1v) is 9.56. The Morgan fingerprint density at radius 2 is 2.16 bits per heavy atom. The fourth-order valence-electron chi connectivity index (χ4n) is 3.02. The normalized spacial score (nSPS) is 18.0. The summed E-state index contributed by atoms with van der Waals surface area (Å²) in [5.41, 5.74) is 2.41. The van der Waals surface area contributed by atoms with Gasteiger partial charge in [0.1, 0.15) is 6.04 Å². The molecule has 0 aromatic carbocycles. The lowest BCUT2D eigenvalue weighted by molar-refractivity contribution is -0.128. The second kappa shape index (κ2) is 7.38. The first-order chi connectivity index (χ1) is 12.0. The van der Waals surface area contributed by atoms with Gasteiger partial charge < -0.3 is 10.6 Å². The molecule has 8 nitrogen and oxygen atoms in total. The van der Waals surface area contributed by atoms with Gasteiger partial charge in [-0.25, -0.2) is 9.50 Å². The van der Waals surface area contributed by atoms with Crippen molar-refractivity contribution in [3.8, 4) is 0 Å². The van der Waals surface area contributed by atoms with Crippen LogP contribution in [-0.2, 0) is 16.0 Å². The average molecular weight is 362 g/mol. The van der Waals surface area contributed by atoms with E-state index in [2.05, 4.69) is 25.7 Å². The van der Waals surface area contributed by atoms with Crippen LogP contribution in [0.3, 0.4) is 0 Å². The number of nitrogens with one attached hydrogen (secondary N) is 2. The molecule has 1 aliphatic heterocycles. The van der Waals surface area contributed by atoms with E-state index in [4.69, 9.17) is 0 Å². The molecule has 1 saturated heterocycles. The summed E-state index contributed by atoms with van der Waals surface area (Å²) in [5, 5.41) is 10.7. The standard InChI is InChI=1S/C16H22N6O2S/c1-9-11(10(2)22-15(18-9)20-16(21-22)25-3)8-13(23)19-12-6-4-5-7-17-14(12)24/h12H,4-8H2,1-3H3,(H,17,24)(H,19,23)/t12-/m0/s1. The smallest absolute Gasteiger partial charge is 0.253 e. The third-order valence-corrected chi connectivity index (χ3v) is 4.96. The highest BCUT2D eigenvalue weighted by molar-refractivity contribution is 7.98. The summed E-state index contributed by atoms with van der Waals surface area (Å²) >= 11 is 1.45. The molecule has 2 aromatic heterocycles. The van der Waals surface area contributed by atoms with E-state index in [0.717, 1.165) is 29.8 Å². The van der Waals surface area contributed by atoms with Crippen molar-refractivity contribution < 1.29 is 9.59 Å². The monoisotopic (exact) mass is 362 g/mol. The van der Waals surface area contributed by atoms with Crippen molar-refractivity contribution in [1.29, 1.82) is 0 Å². The van der Waals surface area contributed by atoms with Crippen LogP contribution in [0.1, 0.15) is 36.2 Å². The lowest BCUT2D eigenvalue weighted by atomic mass is 10.1. The van der Waals surface area contributed by atoms with Crippen LogP contribution in [0, 0.1) is 13.8 Å². The second-order valence-corrected chi connectivity index (χ2v) is 6.93. The molecular formula is C16H22N6O2S. The Labute approximate surface area is 150 Å². The van der Waals surface area contributed by atoms with Crippen LogP contribution in [0.25, 0.3) is 5.78 Å². The van der Waals surface area contributed by atoms with E-state index in [9.17, 15) is 9.59 Å². The number of nitrogens with zero attached hydrogens (tertiary/aromatic N) is 4. The summed E-state index contributed by atoms with van der Waals surface area (Å²) in [7, 11) is 0. The molecule has 0 bridgehead atoms. The highest BCUT2D eigenvalue weighted by Crippen LogP contribution is 2.17. The molecule has 1 aliphatic rings. The fourth-order valence-corrected chi connectivity index (χ4v) is 3.35. The molecule has 3 heterocycles. The number of carbonyl (C=O) groups is 2. The van der Waals surface area contributed by atoms with Crippen LogP contribution in [0.5, 0.6) is 0 Å². The quantitative estimate of drug-likeness (QED) is 0.780. The van der Waals surface area contributed by atoms with Gasteiger partial charge in [-0.3, -0.25) is 9.59 Å². The minimum Gasteiger partial charge on any atom is -0.354 e. The molecule has 0 radical (unpaired) electrons. The molecule has 3 rings (SSSR count). The van der Waals surface area contributed by atoms with Gasteiger partial charge in [0.2, 0.25) is 17.0 Å². The predicted molar refractivity (Wildman–Crippen MR) is 94.5 cm³/mol. The number of hydrogen-bond acceptors (Lipinski definition) is 6. The number of rotatable bonds is 4. The maximum Gasteiger partial charge on any atom is 0.253 e. The van der Waals surface area contributed by atoms with Crippen LogP contribution in [0.2, 0.25) is 0 Å². The molecule has 1 fully saturated rings. The maximum absolute atomic E-state index is 12.5. The maximum atomic E-state index is 12.5. The Kier molecular flexibility index (Phi) is 5.22. The molecule has 2 N–H and O–H groups in total. The van der Waals surface area contributed by atoms with Crippen molar-refractivity contribution in [2.45, 2.75) is 50.7 Å². The number of carbonyl (C=O) groups excluding carboxylic acids is 2. The van der Waals surface area contributed by atoms with Crippen molar-refractivity contribution in [3.63, 3.8) is 0 Å². The Morgan fingerprint density at radius 3 is 2.92 bits per heavy atom. The van der Waals surface area contributed by atoms with Crippen molar-refractivity contribution >= 4 is 29.4 Å². The molecule has 2 amide bonds. The van der Waals surface area contributed by atoms with E-state index in [1.807, 2.05) is 20.1 Å². The van der Waals surface area contributed by atoms with Crippen LogP contribution in [0.4, 0.5) is 0 Å². The lowest BCUT2D eigenvalue weighted by Crippen LogP contribution is -2.46. The molecule has 1 atom stereocenters. The van der Waals surface area contributed by atoms with E-state index >= 15 is 0 Å². The number of thioether (sulfide) groups is 1. The van der Waals surface area contributed by atoms with Crippen LogP contribution in [0.15, 0.2) is 5.16 Å². The highest BCUT2D eigenvalue weighted by atomic mass is 32.2. The van der Waals surface area contributed by atoms with Crippen molar-refractivity contribution in [2.24, 2.45) is 0 Å². The minimum absolute atomic E-state index is 0.103. The van der Waals surface area contributed by atoms with Gasteiger partial charge in [-0.2, -0.15) is 4.98 Å². The van der Waals surface area contributed by atoms with Gasteiger partial charge in [0.05, 0.1) is 6.42 Å². The minimum atomic E-state index is -0.457. The topological polar surface area (TPSA) is 101 Å². The Bertz CT molecular complexity index is 819. The third-order valence-electron chi connectivity index (χ3n) is 4.42. The van der Waals surface area contributed by atoms with E-state index in [0.29, 0.717) is 23.9 Å². The summed E-state index contributed by atoms with van der Waals surface area (Å²) in [6.45, 7) is 4.44. The molecule has 0 unspecified atom stereocenters. The molecule has 0 saturated carbocycles. The molecular weight excluding hydrogens is 340 g/mol. The largest absolute Gasteiger partial charge is 0.354 e. The van der Waals surface area contributed by atoms with Gasteiger partial charge in [-0.05, 0) is 39.4 Å². The van der Waals surface area contributed by atoms with Crippen molar-refractivity contribution in [3.05, 3.63) is 17.0 Å². The zero-order chi connectivity index (χ0) is 18.0. The van der Waals surface area contributed by atoms with Gasteiger partial charge in [0.15, 0.2) is 0 Å². The first-order valence-electron chi connectivity index (χ1n) is 8.33. The van der Waals surface area contributed by atoms with Gasteiger partial charge >= 0.3 is 0 Å². The number of hydrogen-bond donors (Lipinski definition) is 2. The Balaban J connectivity index is 1.79. The fraction of sp³-hybridized carbons (Fsp3) is 0.562. The second-order valence-electron chi connectivity index (χ2n) is 6.16. The zero-order valence-corrected chi connectivity index (χ0v) is 15.4. The van der Waals surface area contributed by atoms with E-state index < -0.39 is 6.04 Å². The summed E-state index contributed by atoms with van der Waals surface area (Å²) < 4.78 is 1.67. The van der Waals surface area contributed by atoms with Gasteiger partial charge in [0.25, 0.3) is 5.78 Å². The number of fused-ring (bicyclic) bond motifs is 1. The Hall–Kier alpha value is -2.16. The van der Waals surface area contributed by atoms with Crippen LogP contribution >= 0.6 is 11.8 Å². The molecule has 9 heteroatoms. The third kappa shape index (κ3) is 3.76. The highest BCUT2D eigenvalue weighted by Gasteiger charge is 2.23. The van der Waals surface area contributed by atoms with E-state index in [-0.39, 0.29) is 18.2 Å². The van der Waals surface area contributed by atoms with Crippen molar-refractivity contribution in [1.82, 2.24) is 30.2 Å². The Morgan fingerprint density at radius 1 is 1.36 bits per heavy atom. The molecule has 25 heavy (non-hydrogen) atoms. The predicted octanol–water partition coefficient (Wildman–Crippen LogP) is 0.790. The number of aromatic nitrogens is 4. The lowest BCUT2D eigenvalue weighted by Gasteiger charge is -2.16. The first kappa shape index (κ1) is 17.7. The van der Waals surface area contributed by atoms with Gasteiger partial charge in [0, 0.05) is 23.5 Å². The van der Waals surface area contributed by atoms with Gasteiger partial charge in [-0.15, -0.1) is 5.10 Å². The van der Waals surface area contributed by atoms with E-state index in [1.54, 1.807) is 4.52 Å². The molecule has 134 valence electrons.